The van der Waals surface area contributed by atoms with E-state index in [1.807, 2.05) is 12.4 Å². The standard InChI is InChI=1S/C14H16BrN3/c1-4-18-9-12(8-17-18)7-16-13-5-10(2)14(15)11(3)6-13/h4-6,8-9,16H,1,7H2,2-3H3. The quantitative estimate of drug-likeness (QED) is 0.926. The van der Waals surface area contributed by atoms with Crippen LogP contribution in [0.25, 0.3) is 6.20 Å². The van der Waals surface area contributed by atoms with Crippen LogP contribution in [-0.4, -0.2) is 9.78 Å². The number of rotatable bonds is 4. The van der Waals surface area contributed by atoms with Crippen LogP contribution in [-0.2, 0) is 6.54 Å². The highest BCUT2D eigenvalue weighted by Gasteiger charge is 2.02. The summed E-state index contributed by atoms with van der Waals surface area (Å²) in [6, 6.07) is 4.27. The normalized spacial score (nSPS) is 10.4. The van der Waals surface area contributed by atoms with E-state index in [0.29, 0.717) is 0 Å². The Morgan fingerprint density at radius 3 is 2.61 bits per heavy atom. The Hall–Kier alpha value is -1.55. The Labute approximate surface area is 116 Å². The lowest BCUT2D eigenvalue weighted by Gasteiger charge is -2.09. The van der Waals surface area contributed by atoms with Gasteiger partial charge < -0.3 is 5.32 Å². The second-order valence-electron chi connectivity index (χ2n) is 4.29. The minimum Gasteiger partial charge on any atom is -0.381 e. The molecule has 0 fully saturated rings. The lowest BCUT2D eigenvalue weighted by atomic mass is 10.1. The number of benzene rings is 1. The molecule has 2 aromatic rings. The van der Waals surface area contributed by atoms with Gasteiger partial charge in [0.15, 0.2) is 0 Å². The van der Waals surface area contributed by atoms with Crippen LogP contribution in [0.2, 0.25) is 0 Å². The van der Waals surface area contributed by atoms with Gasteiger partial charge in [0.2, 0.25) is 0 Å². The van der Waals surface area contributed by atoms with Gasteiger partial charge in [-0.3, -0.25) is 0 Å². The van der Waals surface area contributed by atoms with Gasteiger partial charge >= 0.3 is 0 Å². The number of hydrogen-bond donors (Lipinski definition) is 1. The van der Waals surface area contributed by atoms with Crippen LogP contribution < -0.4 is 5.32 Å². The molecule has 1 aromatic carbocycles. The first-order valence-electron chi connectivity index (χ1n) is 5.76. The number of aryl methyl sites for hydroxylation is 2. The van der Waals surface area contributed by atoms with Crippen molar-refractivity contribution in [1.29, 1.82) is 0 Å². The summed E-state index contributed by atoms with van der Waals surface area (Å²) in [6.45, 7) is 8.62. The third-order valence-corrected chi connectivity index (χ3v) is 4.03. The van der Waals surface area contributed by atoms with Crippen molar-refractivity contribution in [3.63, 3.8) is 0 Å². The summed E-state index contributed by atoms with van der Waals surface area (Å²) >= 11 is 3.57. The molecule has 0 atom stereocenters. The van der Waals surface area contributed by atoms with Crippen molar-refractivity contribution in [3.8, 4) is 0 Å². The summed E-state index contributed by atoms with van der Waals surface area (Å²) in [5.41, 5.74) is 4.73. The fourth-order valence-corrected chi connectivity index (χ4v) is 2.05. The lowest BCUT2D eigenvalue weighted by molar-refractivity contribution is 0.936. The maximum atomic E-state index is 4.15. The fourth-order valence-electron chi connectivity index (χ4n) is 1.82. The molecule has 4 heteroatoms. The molecule has 0 aliphatic rings. The fraction of sp³-hybridized carbons (Fsp3) is 0.214. The number of nitrogens with one attached hydrogen (secondary N) is 1. The summed E-state index contributed by atoms with van der Waals surface area (Å²) in [5.74, 6) is 0. The van der Waals surface area contributed by atoms with Crippen LogP contribution in [0.5, 0.6) is 0 Å². The van der Waals surface area contributed by atoms with E-state index in [-0.39, 0.29) is 0 Å². The van der Waals surface area contributed by atoms with Crippen molar-refractivity contribution in [2.24, 2.45) is 0 Å². The van der Waals surface area contributed by atoms with Crippen molar-refractivity contribution in [2.75, 3.05) is 5.32 Å². The molecule has 3 nitrogen and oxygen atoms in total. The van der Waals surface area contributed by atoms with Crippen molar-refractivity contribution < 1.29 is 0 Å². The Bertz CT molecular complexity index is 549. The molecule has 1 heterocycles. The molecule has 18 heavy (non-hydrogen) atoms. The Morgan fingerprint density at radius 1 is 1.39 bits per heavy atom. The zero-order chi connectivity index (χ0) is 13.1. The zero-order valence-corrected chi connectivity index (χ0v) is 12.2. The number of aromatic nitrogens is 2. The molecule has 0 saturated carbocycles. The number of anilines is 1. The van der Waals surface area contributed by atoms with E-state index in [1.54, 1.807) is 10.9 Å². The van der Waals surface area contributed by atoms with E-state index < -0.39 is 0 Å². The van der Waals surface area contributed by atoms with E-state index in [4.69, 9.17) is 0 Å². The SMILES string of the molecule is C=Cn1cc(CNc2cc(C)c(Br)c(C)c2)cn1. The average molecular weight is 306 g/mol. The molecule has 1 aromatic heterocycles. The molecule has 1 N–H and O–H groups in total. The Kier molecular flexibility index (Phi) is 3.87. The van der Waals surface area contributed by atoms with Crippen LogP contribution in [0.3, 0.4) is 0 Å². The van der Waals surface area contributed by atoms with E-state index in [9.17, 15) is 0 Å². The topological polar surface area (TPSA) is 29.9 Å². The van der Waals surface area contributed by atoms with E-state index in [2.05, 4.69) is 58.9 Å². The highest BCUT2D eigenvalue weighted by Crippen LogP contribution is 2.25. The van der Waals surface area contributed by atoms with Gasteiger partial charge in [0.25, 0.3) is 0 Å². The highest BCUT2D eigenvalue weighted by atomic mass is 79.9. The zero-order valence-electron chi connectivity index (χ0n) is 10.6. The van der Waals surface area contributed by atoms with Crippen LogP contribution in [0.4, 0.5) is 5.69 Å². The van der Waals surface area contributed by atoms with Crippen LogP contribution in [0.1, 0.15) is 16.7 Å². The predicted molar refractivity (Wildman–Crippen MR) is 79.6 cm³/mol. The molecule has 0 aliphatic carbocycles. The van der Waals surface area contributed by atoms with Gasteiger partial charge in [-0.25, -0.2) is 4.68 Å². The molecule has 0 unspecified atom stereocenters. The minimum absolute atomic E-state index is 0.758. The van der Waals surface area contributed by atoms with Crippen LogP contribution >= 0.6 is 15.9 Å². The van der Waals surface area contributed by atoms with Gasteiger partial charge in [-0.15, -0.1) is 0 Å². The summed E-state index contributed by atoms with van der Waals surface area (Å²) in [6.07, 6.45) is 5.48. The minimum atomic E-state index is 0.758. The van der Waals surface area contributed by atoms with E-state index >= 15 is 0 Å². The summed E-state index contributed by atoms with van der Waals surface area (Å²) in [5, 5.41) is 7.55. The number of nitrogens with zero attached hydrogens (tertiary/aromatic N) is 2. The number of hydrogen-bond acceptors (Lipinski definition) is 2. The van der Waals surface area contributed by atoms with Gasteiger partial charge in [0.1, 0.15) is 0 Å². The summed E-state index contributed by atoms with van der Waals surface area (Å²) in [7, 11) is 0. The molecule has 2 rings (SSSR count). The third-order valence-electron chi connectivity index (χ3n) is 2.78. The largest absolute Gasteiger partial charge is 0.381 e. The molecule has 0 spiro atoms. The molecule has 0 radical (unpaired) electrons. The maximum absolute atomic E-state index is 4.15. The molecular formula is C14H16BrN3. The van der Waals surface area contributed by atoms with Crippen LogP contribution in [0, 0.1) is 13.8 Å². The molecule has 94 valence electrons. The molecule has 0 saturated heterocycles. The van der Waals surface area contributed by atoms with Crippen molar-refractivity contribution >= 4 is 27.8 Å². The first-order valence-corrected chi connectivity index (χ1v) is 6.55. The third kappa shape index (κ3) is 2.82. The highest BCUT2D eigenvalue weighted by molar-refractivity contribution is 9.10. The monoisotopic (exact) mass is 305 g/mol. The first-order chi connectivity index (χ1) is 8.60. The van der Waals surface area contributed by atoms with Gasteiger partial charge in [-0.1, -0.05) is 22.5 Å². The Morgan fingerprint density at radius 2 is 2.06 bits per heavy atom. The maximum Gasteiger partial charge on any atom is 0.0543 e. The number of halogens is 1. The van der Waals surface area contributed by atoms with E-state index in [1.165, 1.54) is 15.6 Å². The second kappa shape index (κ2) is 5.40. The van der Waals surface area contributed by atoms with Gasteiger partial charge in [-0.2, -0.15) is 5.10 Å². The summed E-state index contributed by atoms with van der Waals surface area (Å²) < 4.78 is 2.88. The molecule has 0 amide bonds. The van der Waals surface area contributed by atoms with Crippen LogP contribution in [0.15, 0.2) is 35.6 Å². The van der Waals surface area contributed by atoms with Crippen molar-refractivity contribution in [2.45, 2.75) is 20.4 Å². The van der Waals surface area contributed by atoms with Gasteiger partial charge in [-0.05, 0) is 37.1 Å². The Balaban J connectivity index is 2.08. The summed E-state index contributed by atoms with van der Waals surface area (Å²) in [4.78, 5) is 0. The predicted octanol–water partition coefficient (Wildman–Crippen LogP) is 3.98. The lowest BCUT2D eigenvalue weighted by Crippen LogP contribution is -1.99. The second-order valence-corrected chi connectivity index (χ2v) is 5.08. The molecular weight excluding hydrogens is 290 g/mol. The van der Waals surface area contributed by atoms with Crippen molar-refractivity contribution in [3.05, 3.63) is 52.3 Å². The van der Waals surface area contributed by atoms with E-state index in [0.717, 1.165) is 17.8 Å². The molecule has 0 bridgehead atoms. The smallest absolute Gasteiger partial charge is 0.0543 e. The first kappa shape index (κ1) is 12.9. The molecule has 0 aliphatic heterocycles. The van der Waals surface area contributed by atoms with Gasteiger partial charge in [0, 0.05) is 34.7 Å². The van der Waals surface area contributed by atoms with Crippen molar-refractivity contribution in [1.82, 2.24) is 9.78 Å². The van der Waals surface area contributed by atoms with Gasteiger partial charge in [0.05, 0.1) is 6.20 Å². The average Bonchev–Trinajstić information content (AvgIpc) is 2.81.